The zero-order valence-corrected chi connectivity index (χ0v) is 35.0. The number of halogens is 1. The largest absolute Gasteiger partial charge is 0.506 e. The summed E-state index contributed by atoms with van der Waals surface area (Å²) < 4.78 is 27.9. The fourth-order valence-corrected chi connectivity index (χ4v) is 7.58. The van der Waals surface area contributed by atoms with Gasteiger partial charge in [-0.1, -0.05) is 30.3 Å². The summed E-state index contributed by atoms with van der Waals surface area (Å²) >= 11 is 3.22. The maximum absolute atomic E-state index is 14.1. The molecule has 0 heterocycles. The highest BCUT2D eigenvalue weighted by Crippen LogP contribution is 2.46. The van der Waals surface area contributed by atoms with E-state index in [1.165, 1.54) is 41.1 Å². The van der Waals surface area contributed by atoms with Gasteiger partial charge in [-0.05, 0) is 128 Å². The van der Waals surface area contributed by atoms with Gasteiger partial charge in [0.2, 0.25) is 5.60 Å². The minimum Gasteiger partial charge on any atom is -0.506 e. The Morgan fingerprint density at radius 3 is 1.86 bits per heavy atom. The molecule has 0 amide bonds. The van der Waals surface area contributed by atoms with Gasteiger partial charge in [-0.2, -0.15) is 0 Å². The third kappa shape index (κ3) is 7.24. The van der Waals surface area contributed by atoms with Crippen LogP contribution in [0.4, 0.5) is 0 Å². The number of hydrogen-bond donors (Lipinski definition) is 3. The molecule has 0 saturated carbocycles. The second-order valence-corrected chi connectivity index (χ2v) is 14.6. The first-order valence-corrected chi connectivity index (χ1v) is 18.5. The molecule has 0 saturated heterocycles. The van der Waals surface area contributed by atoms with Crippen molar-refractivity contribution in [2.75, 3.05) is 14.2 Å². The molecule has 1 aliphatic rings. The van der Waals surface area contributed by atoms with E-state index >= 15 is 0 Å². The van der Waals surface area contributed by atoms with Crippen molar-refractivity contribution in [3.8, 4) is 39.9 Å². The number of aryl methyl sites for hydroxylation is 1. The maximum Gasteiger partial charge on any atom is 0.356 e. The molecule has 0 radical (unpaired) electrons. The third-order valence-corrected chi connectivity index (χ3v) is 11.1. The number of hydrogen-bond acceptors (Lipinski definition) is 12. The van der Waals surface area contributed by atoms with Crippen LogP contribution in [0.3, 0.4) is 0 Å². The highest BCUT2D eigenvalue weighted by Gasteiger charge is 2.48. The summed E-state index contributed by atoms with van der Waals surface area (Å²) in [6.07, 6.45) is 2.03. The molecule has 4 aromatic carbocycles. The third-order valence-electron chi connectivity index (χ3n) is 10.4. The summed E-state index contributed by atoms with van der Waals surface area (Å²) in [5.74, 6) is -5.56. The first-order valence-electron chi connectivity index (χ1n) is 17.7. The van der Waals surface area contributed by atoms with Crippen LogP contribution in [0.2, 0.25) is 0 Å². The average Bonchev–Trinajstić information content (AvgIpc) is 3.17. The number of carbonyl (C=O) groups is 5. The SMILES string of the molecule is COC1=CC(=O)C=C(C)[C@]1(O)C(=O)Oc1c(C)c(C)c(C(=O)Oc2cc(C)c(C(=O)Oc3c(C)c(OC)c(C(=O)O)c(C)c3-c3ccccc3)c(C)c2C)c(O)c1Br. The molecule has 14 heteroatoms. The van der Waals surface area contributed by atoms with Crippen molar-refractivity contribution in [1.82, 2.24) is 0 Å². The van der Waals surface area contributed by atoms with Crippen LogP contribution in [0.1, 0.15) is 76.9 Å². The van der Waals surface area contributed by atoms with E-state index in [-0.39, 0.29) is 66.6 Å². The molecule has 0 fully saturated rings. The average molecular weight is 858 g/mol. The number of allylic oxidation sites excluding steroid dienone is 2. The molecule has 0 bridgehead atoms. The van der Waals surface area contributed by atoms with Gasteiger partial charge in [-0.25, -0.2) is 19.2 Å². The number of ketones is 1. The molecule has 1 aliphatic carbocycles. The summed E-state index contributed by atoms with van der Waals surface area (Å²) in [5.41, 5.74) is 0.687. The van der Waals surface area contributed by atoms with Gasteiger partial charge < -0.3 is 39.0 Å². The highest BCUT2D eigenvalue weighted by molar-refractivity contribution is 9.10. The summed E-state index contributed by atoms with van der Waals surface area (Å²) in [7, 11) is 2.52. The molecule has 5 rings (SSSR count). The van der Waals surface area contributed by atoms with E-state index in [4.69, 9.17) is 23.7 Å². The van der Waals surface area contributed by atoms with Gasteiger partial charge >= 0.3 is 23.9 Å². The molecule has 13 nitrogen and oxygen atoms in total. The lowest BCUT2D eigenvalue weighted by Crippen LogP contribution is -2.47. The molecule has 4 aromatic rings. The summed E-state index contributed by atoms with van der Waals surface area (Å²) in [6, 6.07) is 10.4. The highest BCUT2D eigenvalue weighted by atomic mass is 79.9. The smallest absolute Gasteiger partial charge is 0.356 e. The van der Waals surface area contributed by atoms with Crippen LogP contribution in [0.15, 0.2) is 64.4 Å². The lowest BCUT2D eigenvalue weighted by molar-refractivity contribution is -0.151. The normalized spacial score (nSPS) is 14.9. The number of ether oxygens (including phenoxy) is 5. The van der Waals surface area contributed by atoms with Crippen molar-refractivity contribution >= 4 is 45.6 Å². The summed E-state index contributed by atoms with van der Waals surface area (Å²) in [5, 5.41) is 32.7. The Hall–Kier alpha value is -6.25. The quantitative estimate of drug-likeness (QED) is 0.103. The maximum atomic E-state index is 14.1. The number of aromatic hydroxyl groups is 1. The fraction of sp³-hybridized carbons (Fsp3) is 0.250. The molecular weight excluding hydrogens is 816 g/mol. The summed E-state index contributed by atoms with van der Waals surface area (Å²) in [4.78, 5) is 65.7. The van der Waals surface area contributed by atoms with Crippen LogP contribution in [-0.2, 0) is 14.3 Å². The van der Waals surface area contributed by atoms with Crippen LogP contribution >= 0.6 is 15.9 Å². The van der Waals surface area contributed by atoms with Crippen LogP contribution < -0.4 is 18.9 Å². The van der Waals surface area contributed by atoms with Gasteiger partial charge in [0.15, 0.2) is 11.5 Å². The zero-order valence-electron chi connectivity index (χ0n) is 33.4. The number of carboxylic acids is 1. The monoisotopic (exact) mass is 856 g/mol. The number of methoxy groups -OCH3 is 2. The molecule has 302 valence electrons. The predicted octanol–water partition coefficient (Wildman–Crippen LogP) is 7.82. The van der Waals surface area contributed by atoms with E-state index in [1.54, 1.807) is 58.9 Å². The van der Waals surface area contributed by atoms with Crippen molar-refractivity contribution < 1.29 is 63.0 Å². The van der Waals surface area contributed by atoms with Crippen LogP contribution in [0.25, 0.3) is 11.1 Å². The Labute approximate surface area is 342 Å². The molecule has 1 atom stereocenters. The topological polar surface area (TPSA) is 192 Å². The zero-order chi connectivity index (χ0) is 43.1. The van der Waals surface area contributed by atoms with E-state index in [1.807, 2.05) is 6.07 Å². The lowest BCUT2D eigenvalue weighted by Gasteiger charge is -2.30. The van der Waals surface area contributed by atoms with E-state index in [0.717, 1.165) is 12.2 Å². The summed E-state index contributed by atoms with van der Waals surface area (Å²) in [6.45, 7) is 12.5. The molecule has 58 heavy (non-hydrogen) atoms. The van der Waals surface area contributed by atoms with Gasteiger partial charge in [-0.3, -0.25) is 4.79 Å². The number of aromatic carboxylic acids is 1. The van der Waals surface area contributed by atoms with Gasteiger partial charge in [0.05, 0.1) is 19.8 Å². The Kier molecular flexibility index (Phi) is 12.1. The van der Waals surface area contributed by atoms with Crippen molar-refractivity contribution in [1.29, 1.82) is 0 Å². The van der Waals surface area contributed by atoms with Gasteiger partial charge in [0.1, 0.15) is 44.4 Å². The Morgan fingerprint density at radius 1 is 0.672 bits per heavy atom. The van der Waals surface area contributed by atoms with Crippen LogP contribution in [-0.4, -0.2) is 64.8 Å². The molecular formula is C44H41BrO13. The van der Waals surface area contributed by atoms with Gasteiger partial charge in [-0.15, -0.1) is 0 Å². The number of esters is 3. The van der Waals surface area contributed by atoms with Gasteiger partial charge in [0, 0.05) is 17.2 Å². The predicted molar refractivity (Wildman–Crippen MR) is 215 cm³/mol. The van der Waals surface area contributed by atoms with Crippen LogP contribution in [0.5, 0.6) is 28.7 Å². The number of rotatable bonds is 10. The molecule has 0 unspecified atom stereocenters. The number of aliphatic hydroxyl groups is 1. The van der Waals surface area contributed by atoms with E-state index in [9.17, 15) is 39.3 Å². The first-order chi connectivity index (χ1) is 27.2. The number of carbonyl (C=O) groups excluding carboxylic acids is 4. The van der Waals surface area contributed by atoms with Crippen molar-refractivity contribution in [3.05, 3.63) is 120 Å². The first kappa shape index (κ1) is 42.9. The standard InChI is InChI=1S/C44H41BrO13/c1-19-16-29(56-42(51)33-23(5)24(6)39(35(45)36(33)47)58-43(52)44(53)20(2)17-28(46)18-30(44)54-9)21(3)22(4)31(19)41(50)57-38-26(8)37(55-10)34(40(48)49)25(7)32(38)27-14-12-11-13-15-27/h11-18,47,53H,1-10H3,(H,48,49)/t44-/m1/s1. The number of carboxylic acid groups (broad SMARTS) is 1. The Morgan fingerprint density at radius 2 is 1.28 bits per heavy atom. The second kappa shape index (κ2) is 16.3. The Balaban J connectivity index is 1.49. The van der Waals surface area contributed by atoms with E-state index in [0.29, 0.717) is 38.9 Å². The van der Waals surface area contributed by atoms with E-state index < -0.39 is 41.0 Å². The minimum atomic E-state index is -2.44. The molecule has 0 aliphatic heterocycles. The van der Waals surface area contributed by atoms with Crippen molar-refractivity contribution in [2.45, 2.75) is 61.0 Å². The van der Waals surface area contributed by atoms with Crippen LogP contribution in [0, 0.1) is 48.5 Å². The number of benzene rings is 4. The molecule has 3 N–H and O–H groups in total. The lowest BCUT2D eigenvalue weighted by atomic mass is 9.87. The minimum absolute atomic E-state index is 0.0474. The second-order valence-electron chi connectivity index (χ2n) is 13.8. The van der Waals surface area contributed by atoms with Crippen molar-refractivity contribution in [2.24, 2.45) is 0 Å². The van der Waals surface area contributed by atoms with E-state index in [2.05, 4.69) is 15.9 Å². The fourth-order valence-electron chi connectivity index (χ4n) is 7.01. The van der Waals surface area contributed by atoms with Crippen molar-refractivity contribution in [3.63, 3.8) is 0 Å². The Bertz CT molecular complexity index is 2480. The van der Waals surface area contributed by atoms with Gasteiger partial charge in [0.25, 0.3) is 0 Å². The number of phenols is 1. The molecule has 0 aromatic heterocycles. The molecule has 0 spiro atoms. The number of phenolic OH excluding ortho intramolecular Hbond substituents is 1.